The van der Waals surface area contributed by atoms with Crippen LogP contribution < -0.4 is 0 Å². The van der Waals surface area contributed by atoms with Crippen molar-refractivity contribution in [2.24, 2.45) is 0 Å². The maximum Gasteiger partial charge on any atom is 0.131 e. The van der Waals surface area contributed by atoms with E-state index in [0.29, 0.717) is 11.8 Å². The summed E-state index contributed by atoms with van der Waals surface area (Å²) in [5.41, 5.74) is 19.8. The van der Waals surface area contributed by atoms with Crippen LogP contribution in [0, 0.1) is 73.9 Å². The smallest absolute Gasteiger partial charge is 0.131 e. The Labute approximate surface area is 547 Å². The summed E-state index contributed by atoms with van der Waals surface area (Å²) < 4.78 is 27.6. The van der Waals surface area contributed by atoms with E-state index in [1.807, 2.05) is 18.2 Å². The van der Waals surface area contributed by atoms with E-state index in [0.717, 1.165) is 33.9 Å². The molecule has 476 valence electrons. The molecule has 2 heteroatoms. The minimum atomic E-state index is -0.122. The zero-order valence-electron chi connectivity index (χ0n) is 57.2. The van der Waals surface area contributed by atoms with Gasteiger partial charge in [0.15, 0.2) is 0 Å². The van der Waals surface area contributed by atoms with Crippen molar-refractivity contribution in [3.05, 3.63) is 235 Å². The Morgan fingerprint density at radius 2 is 0.571 bits per heavy atom. The summed E-state index contributed by atoms with van der Waals surface area (Å²) in [7, 11) is 0. The molecule has 10 aromatic carbocycles. The molecule has 91 heavy (non-hydrogen) atoms. The summed E-state index contributed by atoms with van der Waals surface area (Å²) in [5.74, 6) is 3.38. The van der Waals surface area contributed by atoms with Gasteiger partial charge in [-0.15, -0.1) is 0 Å². The molecule has 0 atom stereocenters. The van der Waals surface area contributed by atoms with Gasteiger partial charge < -0.3 is 0 Å². The Balaban J connectivity index is 0.000000117. The van der Waals surface area contributed by atoms with Crippen molar-refractivity contribution >= 4 is 53.9 Å². The highest BCUT2D eigenvalue weighted by Crippen LogP contribution is 2.43. The van der Waals surface area contributed by atoms with Crippen LogP contribution in [0.25, 0.3) is 53.9 Å². The normalized spacial score (nSPS) is 17.2. The molecule has 10 aromatic rings. The standard InChI is InChI=1S/C19H24.2C18H22.2C17H19F/c1-13-9-17-11-14(2)15(3)12-19(17)18(10-13)16-7-5-4-6-8-16;1-13-8-9-16-10-14(2)12-17(18(16)11-13)15-6-4-3-5-7-15;1-13-8-9-17-16(10-13)11-14(2)12-18(17)15-6-4-3-5-7-15;1-12-10-14-8-5-9-16(18)17(14)15(11-12)13-6-3-2-4-7-13;1-12-9-14-7-8-15(18)11-17(14)16(10-12)13-5-3-2-4-6-13/h9-12,16H,4-8H2,1-3H3;2*8-12,15H,3-7H2,1-2H3;5,8-11,13H,2-4,6-7H2,1H3;7-11,13H,2-6H2,1H3. The van der Waals surface area contributed by atoms with Crippen LogP contribution >= 0.6 is 0 Å². The van der Waals surface area contributed by atoms with E-state index in [-0.39, 0.29) is 11.6 Å². The molecule has 0 unspecified atom stereocenters. The van der Waals surface area contributed by atoms with Crippen molar-refractivity contribution in [2.45, 2.75) is 252 Å². The zero-order chi connectivity index (χ0) is 63.5. The number of hydrogen-bond donors (Lipinski definition) is 0. The van der Waals surface area contributed by atoms with Gasteiger partial charge in [0.2, 0.25) is 0 Å². The third-order valence-electron chi connectivity index (χ3n) is 21.7. The second-order valence-corrected chi connectivity index (χ2v) is 29.3. The first-order valence-electron chi connectivity index (χ1n) is 36.0. The lowest BCUT2D eigenvalue weighted by Crippen LogP contribution is -2.06. The van der Waals surface area contributed by atoms with Gasteiger partial charge in [-0.3, -0.25) is 0 Å². The van der Waals surface area contributed by atoms with Crippen LogP contribution in [0.15, 0.2) is 146 Å². The third kappa shape index (κ3) is 16.6. The van der Waals surface area contributed by atoms with Gasteiger partial charge >= 0.3 is 0 Å². The fraction of sp³-hybridized carbons (Fsp3) is 0.438. The highest BCUT2D eigenvalue weighted by Gasteiger charge is 2.24. The Hall–Kier alpha value is -6.64. The van der Waals surface area contributed by atoms with E-state index in [4.69, 9.17) is 0 Å². The second kappa shape index (κ2) is 30.9. The number of halogens is 2. The lowest BCUT2D eigenvalue weighted by Gasteiger charge is -2.24. The largest absolute Gasteiger partial charge is 0.207 e. The van der Waals surface area contributed by atoms with Crippen LogP contribution in [0.2, 0.25) is 0 Å². The number of aryl methyl sites for hydroxylation is 9. The average Bonchev–Trinajstić information content (AvgIpc) is 1.30. The van der Waals surface area contributed by atoms with Crippen LogP contribution in [-0.4, -0.2) is 0 Å². The highest BCUT2D eigenvalue weighted by molar-refractivity contribution is 5.91. The zero-order valence-corrected chi connectivity index (χ0v) is 57.2. The number of fused-ring (bicyclic) bond motifs is 5. The van der Waals surface area contributed by atoms with Gasteiger partial charge in [-0.05, 0) is 262 Å². The van der Waals surface area contributed by atoms with E-state index in [1.165, 1.54) is 259 Å². The molecule has 0 saturated heterocycles. The minimum absolute atomic E-state index is 0.0620. The third-order valence-corrected chi connectivity index (χ3v) is 21.7. The van der Waals surface area contributed by atoms with E-state index in [9.17, 15) is 8.78 Å². The summed E-state index contributed by atoms with van der Waals surface area (Å²) >= 11 is 0. The van der Waals surface area contributed by atoms with Crippen LogP contribution in [0.4, 0.5) is 8.78 Å². The average molecular weight is 1210 g/mol. The maximum absolute atomic E-state index is 14.1. The van der Waals surface area contributed by atoms with Crippen LogP contribution in [-0.2, 0) is 0 Å². The molecule has 0 N–H and O–H groups in total. The van der Waals surface area contributed by atoms with Crippen molar-refractivity contribution in [1.82, 2.24) is 0 Å². The predicted molar refractivity (Wildman–Crippen MR) is 391 cm³/mol. The van der Waals surface area contributed by atoms with Crippen LogP contribution in [0.5, 0.6) is 0 Å². The highest BCUT2D eigenvalue weighted by atomic mass is 19.1. The Bertz CT molecular complexity index is 3970. The van der Waals surface area contributed by atoms with Gasteiger partial charge in [0.1, 0.15) is 11.6 Å². The van der Waals surface area contributed by atoms with Crippen molar-refractivity contribution in [1.29, 1.82) is 0 Å². The van der Waals surface area contributed by atoms with Crippen molar-refractivity contribution in [3.63, 3.8) is 0 Å². The molecule has 0 bridgehead atoms. The summed E-state index contributed by atoms with van der Waals surface area (Å²) in [6.07, 6.45) is 33.9. The number of benzene rings is 10. The molecular formula is C89H106F2. The first kappa shape index (κ1) is 65.8. The molecule has 0 amide bonds. The molecule has 15 rings (SSSR count). The van der Waals surface area contributed by atoms with Gasteiger partial charge in [-0.25, -0.2) is 8.78 Å². The first-order valence-corrected chi connectivity index (χ1v) is 36.0. The molecule has 0 aromatic heterocycles. The second-order valence-electron chi connectivity index (χ2n) is 29.3. The van der Waals surface area contributed by atoms with Crippen LogP contribution in [0.1, 0.15) is 268 Å². The molecule has 0 aliphatic heterocycles. The number of hydrogen-bond acceptors (Lipinski definition) is 0. The SMILES string of the molecule is Cc1cc(C2CCCCC2)c2c(F)cccc2c1.Cc1cc(C2CCCCC2)c2cc(C)c(C)cc2c1.Cc1cc(C2CCCCC2)c2cc(C)ccc2c1.Cc1cc(C2CCCCC2)c2cc(F)ccc2c1.Cc1ccc2c(C3CCCCC3)cc(C)cc2c1. The van der Waals surface area contributed by atoms with Gasteiger partial charge in [0.25, 0.3) is 0 Å². The van der Waals surface area contributed by atoms with Crippen molar-refractivity contribution < 1.29 is 8.78 Å². The lowest BCUT2D eigenvalue weighted by molar-refractivity contribution is 0.444. The molecule has 5 aliphatic rings. The van der Waals surface area contributed by atoms with Gasteiger partial charge in [-0.2, -0.15) is 0 Å². The molecule has 0 radical (unpaired) electrons. The van der Waals surface area contributed by atoms with Crippen molar-refractivity contribution in [3.8, 4) is 0 Å². The monoisotopic (exact) mass is 1210 g/mol. The molecule has 0 nitrogen and oxygen atoms in total. The van der Waals surface area contributed by atoms with Gasteiger partial charge in [0.05, 0.1) is 0 Å². The van der Waals surface area contributed by atoms with E-state index in [1.54, 1.807) is 34.9 Å². The Morgan fingerprint density at radius 1 is 0.242 bits per heavy atom. The molecule has 5 fully saturated rings. The maximum atomic E-state index is 14.1. The molecule has 5 aliphatic carbocycles. The molecule has 0 heterocycles. The Morgan fingerprint density at radius 3 is 1.04 bits per heavy atom. The summed E-state index contributed by atoms with van der Waals surface area (Å²) in [5, 5.41) is 13.0. The van der Waals surface area contributed by atoms with E-state index in [2.05, 4.69) is 172 Å². The van der Waals surface area contributed by atoms with Crippen molar-refractivity contribution in [2.75, 3.05) is 0 Å². The fourth-order valence-corrected chi connectivity index (χ4v) is 17.0. The quantitative estimate of drug-likeness (QED) is 0.161. The molecule has 0 spiro atoms. The lowest BCUT2D eigenvalue weighted by atomic mass is 9.81. The summed E-state index contributed by atoms with van der Waals surface area (Å²) in [6, 6.07) is 52.1. The topological polar surface area (TPSA) is 0 Å². The van der Waals surface area contributed by atoms with E-state index >= 15 is 0 Å². The fourth-order valence-electron chi connectivity index (χ4n) is 17.0. The molecular weight excluding hydrogens is 1110 g/mol. The summed E-state index contributed by atoms with van der Waals surface area (Å²) in [4.78, 5) is 0. The van der Waals surface area contributed by atoms with E-state index < -0.39 is 0 Å². The van der Waals surface area contributed by atoms with Crippen LogP contribution in [0.3, 0.4) is 0 Å². The summed E-state index contributed by atoms with van der Waals surface area (Å²) in [6.45, 7) is 19.8. The van der Waals surface area contributed by atoms with Gasteiger partial charge in [0, 0.05) is 5.39 Å². The number of rotatable bonds is 5. The first-order chi connectivity index (χ1) is 44.1. The predicted octanol–water partition coefficient (Wildman–Crippen LogP) is 27.5. The Kier molecular flexibility index (Phi) is 22.3. The molecule has 5 saturated carbocycles. The minimum Gasteiger partial charge on any atom is -0.207 e. The van der Waals surface area contributed by atoms with Gasteiger partial charge in [-0.1, -0.05) is 263 Å².